The molecule has 1 aromatic carbocycles. The molecule has 2 fully saturated rings. The van der Waals surface area contributed by atoms with Gasteiger partial charge in [-0.25, -0.2) is 0 Å². The quantitative estimate of drug-likeness (QED) is 0.766. The Morgan fingerprint density at radius 1 is 1.12 bits per heavy atom. The van der Waals surface area contributed by atoms with Gasteiger partial charge in [0.25, 0.3) is 0 Å². The number of fused-ring (bicyclic) bond motifs is 2. The second-order valence-corrected chi connectivity index (χ2v) is 5.80. The van der Waals surface area contributed by atoms with Gasteiger partial charge in [-0.05, 0) is 54.7 Å². The fourth-order valence-corrected chi connectivity index (χ4v) is 4.16. The maximum absolute atomic E-state index is 5.96. The molecule has 94 valence electrons. The van der Waals surface area contributed by atoms with Crippen molar-refractivity contribution in [1.29, 1.82) is 0 Å². The van der Waals surface area contributed by atoms with Crippen molar-refractivity contribution in [3.63, 3.8) is 0 Å². The van der Waals surface area contributed by atoms with E-state index < -0.39 is 0 Å². The van der Waals surface area contributed by atoms with E-state index in [-0.39, 0.29) is 12.4 Å². The summed E-state index contributed by atoms with van der Waals surface area (Å²) in [5.41, 5.74) is 5.64. The molecule has 0 radical (unpaired) electrons. The average Bonchev–Trinajstić information content (AvgIpc) is 2.89. The summed E-state index contributed by atoms with van der Waals surface area (Å²) in [6, 6.07) is 8.50. The van der Waals surface area contributed by atoms with Crippen LogP contribution in [0.2, 0.25) is 5.02 Å². The Hall–Kier alpha value is -0.240. The highest BCUT2D eigenvalue weighted by Gasteiger charge is 2.48. The molecule has 0 unspecified atom stereocenters. The number of hydrogen-bond acceptors (Lipinski definition) is 0. The number of benzene rings is 1. The second-order valence-electron chi connectivity index (χ2n) is 5.36. The lowest BCUT2D eigenvalue weighted by atomic mass is 9.75. The Kier molecular flexibility index (Phi) is 4.02. The zero-order valence-corrected chi connectivity index (χ0v) is 11.4. The Labute approximate surface area is 114 Å². The largest absolute Gasteiger partial charge is 1.00 e. The summed E-state index contributed by atoms with van der Waals surface area (Å²) < 4.78 is 0. The van der Waals surface area contributed by atoms with E-state index in [1.165, 1.54) is 24.8 Å². The van der Waals surface area contributed by atoms with Crippen LogP contribution < -0.4 is 18.1 Å². The third kappa shape index (κ3) is 2.21. The summed E-state index contributed by atoms with van der Waals surface area (Å²) in [6.45, 7) is 1.09. The van der Waals surface area contributed by atoms with E-state index in [0.717, 1.165) is 35.2 Å². The lowest BCUT2D eigenvalue weighted by Crippen LogP contribution is -3.00. The van der Waals surface area contributed by atoms with E-state index in [0.29, 0.717) is 0 Å². The van der Waals surface area contributed by atoms with E-state index in [9.17, 15) is 0 Å². The van der Waals surface area contributed by atoms with E-state index in [1.54, 1.807) is 0 Å². The van der Waals surface area contributed by atoms with Crippen molar-refractivity contribution in [1.82, 2.24) is 0 Å². The molecule has 3 heteroatoms. The third-order valence-corrected chi connectivity index (χ3v) is 4.93. The van der Waals surface area contributed by atoms with E-state index >= 15 is 0 Å². The molecule has 2 aliphatic rings. The molecule has 0 aliphatic heterocycles. The minimum absolute atomic E-state index is 0. The summed E-state index contributed by atoms with van der Waals surface area (Å²) in [5, 5.41) is 0.845. The van der Waals surface area contributed by atoms with Crippen molar-refractivity contribution in [3.05, 3.63) is 34.9 Å². The van der Waals surface area contributed by atoms with E-state index in [1.807, 2.05) is 12.1 Å². The van der Waals surface area contributed by atoms with Crippen molar-refractivity contribution < 1.29 is 18.1 Å². The molecule has 0 heterocycles. The van der Waals surface area contributed by atoms with Gasteiger partial charge in [0.1, 0.15) is 0 Å². The fraction of sp³-hybridized carbons (Fsp3) is 0.571. The monoisotopic (exact) mass is 271 g/mol. The predicted molar refractivity (Wildman–Crippen MR) is 66.3 cm³/mol. The summed E-state index contributed by atoms with van der Waals surface area (Å²) in [7, 11) is 0. The van der Waals surface area contributed by atoms with Crippen molar-refractivity contribution in [2.45, 2.75) is 25.2 Å². The van der Waals surface area contributed by atoms with Crippen LogP contribution in [0.25, 0.3) is 0 Å². The van der Waals surface area contributed by atoms with Crippen LogP contribution in [-0.4, -0.2) is 6.54 Å². The average molecular weight is 272 g/mol. The van der Waals surface area contributed by atoms with Gasteiger partial charge in [0.15, 0.2) is 0 Å². The molecule has 17 heavy (non-hydrogen) atoms. The Balaban J connectivity index is 0.00000108. The van der Waals surface area contributed by atoms with Crippen LogP contribution in [0.4, 0.5) is 0 Å². The van der Waals surface area contributed by atoms with Gasteiger partial charge in [0.05, 0.1) is 6.54 Å². The molecule has 3 rings (SSSR count). The number of rotatable bonds is 2. The molecule has 1 nitrogen and oxygen atoms in total. The minimum Gasteiger partial charge on any atom is -1.00 e. The van der Waals surface area contributed by atoms with Crippen molar-refractivity contribution in [3.8, 4) is 0 Å². The van der Waals surface area contributed by atoms with Crippen LogP contribution in [0, 0.1) is 17.8 Å². The zero-order chi connectivity index (χ0) is 11.1. The first-order chi connectivity index (χ1) is 7.79. The van der Waals surface area contributed by atoms with Crippen LogP contribution in [0.3, 0.4) is 0 Å². The van der Waals surface area contributed by atoms with Crippen molar-refractivity contribution in [2.24, 2.45) is 17.8 Å². The van der Waals surface area contributed by atoms with Crippen LogP contribution >= 0.6 is 11.6 Å². The number of halogens is 2. The topological polar surface area (TPSA) is 27.6 Å². The van der Waals surface area contributed by atoms with Crippen LogP contribution in [-0.2, 0) is 0 Å². The Morgan fingerprint density at radius 2 is 1.76 bits per heavy atom. The normalized spacial score (nSPS) is 34.7. The molecule has 0 amide bonds. The number of quaternary nitrogens is 1. The molecule has 4 atom stereocenters. The van der Waals surface area contributed by atoms with E-state index in [2.05, 4.69) is 17.9 Å². The Bertz CT molecular complexity index is 376. The summed E-state index contributed by atoms with van der Waals surface area (Å²) in [4.78, 5) is 0. The van der Waals surface area contributed by atoms with Crippen molar-refractivity contribution in [2.75, 3.05) is 6.54 Å². The van der Waals surface area contributed by atoms with Gasteiger partial charge in [-0.1, -0.05) is 23.7 Å². The van der Waals surface area contributed by atoms with Crippen LogP contribution in [0.5, 0.6) is 0 Å². The molecular formula is C14H19Cl2N. The van der Waals surface area contributed by atoms with Crippen molar-refractivity contribution >= 4 is 11.6 Å². The Morgan fingerprint density at radius 3 is 2.41 bits per heavy atom. The molecule has 0 saturated heterocycles. The predicted octanol–water partition coefficient (Wildman–Crippen LogP) is -0.284. The van der Waals surface area contributed by atoms with Gasteiger partial charge >= 0.3 is 0 Å². The highest BCUT2D eigenvalue weighted by atomic mass is 35.5. The van der Waals surface area contributed by atoms with E-state index in [4.69, 9.17) is 11.6 Å². The van der Waals surface area contributed by atoms with Gasteiger partial charge in [-0.2, -0.15) is 0 Å². The fourth-order valence-electron chi connectivity index (χ4n) is 4.03. The molecule has 3 N–H and O–H groups in total. The SMILES string of the molecule is [Cl-].[NH3+]C[C@@H]1[C@@H]2CC[C@@H](C2)[C@H]1c1ccc(Cl)cc1. The maximum Gasteiger partial charge on any atom is 0.0777 e. The van der Waals surface area contributed by atoms with Gasteiger partial charge in [0, 0.05) is 10.9 Å². The summed E-state index contributed by atoms with van der Waals surface area (Å²) >= 11 is 5.96. The number of hydrogen-bond donors (Lipinski definition) is 1. The molecule has 2 saturated carbocycles. The minimum atomic E-state index is 0. The maximum atomic E-state index is 5.96. The molecule has 2 bridgehead atoms. The molecule has 2 aliphatic carbocycles. The third-order valence-electron chi connectivity index (χ3n) is 4.68. The lowest BCUT2D eigenvalue weighted by molar-refractivity contribution is -0.382. The smallest absolute Gasteiger partial charge is 0.0777 e. The van der Waals surface area contributed by atoms with Gasteiger partial charge in [0.2, 0.25) is 0 Å². The first-order valence-corrected chi connectivity index (χ1v) is 6.72. The highest BCUT2D eigenvalue weighted by Crippen LogP contribution is 2.56. The molecule has 0 aromatic heterocycles. The molecule has 0 spiro atoms. The standard InChI is InChI=1S/C14H18ClN.ClH/c15-12-5-3-9(4-6-12)14-11-2-1-10(7-11)13(14)8-16;/h3-6,10-11,13-14H,1-2,7-8,16H2;1H/t10-,11+,13-,14-;/m1./s1. The van der Waals surface area contributed by atoms with Crippen LogP contribution in [0.1, 0.15) is 30.7 Å². The first kappa shape index (κ1) is 13.2. The van der Waals surface area contributed by atoms with Crippen LogP contribution in [0.15, 0.2) is 24.3 Å². The van der Waals surface area contributed by atoms with Gasteiger partial charge in [-0.15, -0.1) is 0 Å². The highest BCUT2D eigenvalue weighted by molar-refractivity contribution is 6.30. The molecule has 1 aromatic rings. The molecular weight excluding hydrogens is 253 g/mol. The van der Waals surface area contributed by atoms with Gasteiger partial charge in [-0.3, -0.25) is 0 Å². The first-order valence-electron chi connectivity index (χ1n) is 6.34. The van der Waals surface area contributed by atoms with Gasteiger partial charge < -0.3 is 18.1 Å². The summed E-state index contributed by atoms with van der Waals surface area (Å²) in [5.74, 6) is 3.44. The summed E-state index contributed by atoms with van der Waals surface area (Å²) in [6.07, 6.45) is 4.30. The second kappa shape index (κ2) is 5.17. The lowest BCUT2D eigenvalue weighted by Gasteiger charge is -2.29. The zero-order valence-electron chi connectivity index (χ0n) is 9.91.